The summed E-state index contributed by atoms with van der Waals surface area (Å²) >= 11 is 0. The first kappa shape index (κ1) is 20.6. The topological polar surface area (TPSA) is 76.6 Å². The van der Waals surface area contributed by atoms with Gasteiger partial charge in [-0.3, -0.25) is 4.79 Å². The molecule has 154 valence electrons. The van der Waals surface area contributed by atoms with Crippen molar-refractivity contribution in [2.45, 2.75) is 26.2 Å². The molecule has 1 amide bonds. The molecule has 29 heavy (non-hydrogen) atoms. The number of rotatable bonds is 8. The molecule has 0 saturated carbocycles. The van der Waals surface area contributed by atoms with Crippen molar-refractivity contribution >= 4 is 17.8 Å². The lowest BCUT2D eigenvalue weighted by Gasteiger charge is -2.28. The molecule has 0 bridgehead atoms. The summed E-state index contributed by atoms with van der Waals surface area (Å²) in [6, 6.07) is 9.37. The predicted octanol–water partition coefficient (Wildman–Crippen LogP) is 2.99. The second kappa shape index (κ2) is 10.5. The Balaban J connectivity index is 1.44. The third kappa shape index (κ3) is 6.48. The van der Waals surface area contributed by atoms with Crippen LogP contribution in [0, 0.1) is 6.92 Å². The lowest BCUT2D eigenvalue weighted by molar-refractivity contribution is -0.116. The van der Waals surface area contributed by atoms with Crippen LogP contribution >= 0.6 is 0 Å². The van der Waals surface area contributed by atoms with Crippen LogP contribution in [-0.2, 0) is 4.79 Å². The number of aromatic nitrogens is 2. The van der Waals surface area contributed by atoms with Crippen molar-refractivity contribution in [2.24, 2.45) is 0 Å². The molecule has 7 heteroatoms. The van der Waals surface area contributed by atoms with Gasteiger partial charge in [-0.05, 0) is 50.0 Å². The molecule has 1 aliphatic heterocycles. The molecular weight excluding hydrogens is 368 g/mol. The van der Waals surface area contributed by atoms with E-state index in [1.54, 1.807) is 13.2 Å². The average molecular weight is 396 g/mol. The average Bonchev–Trinajstić information content (AvgIpc) is 2.76. The third-order valence-corrected chi connectivity index (χ3v) is 4.68. The predicted molar refractivity (Wildman–Crippen MR) is 113 cm³/mol. The van der Waals surface area contributed by atoms with Crippen molar-refractivity contribution in [2.75, 3.05) is 38.3 Å². The fraction of sp³-hybridized carbons (Fsp3) is 0.409. The monoisotopic (exact) mass is 396 g/mol. The molecule has 7 nitrogen and oxygen atoms in total. The van der Waals surface area contributed by atoms with Crippen molar-refractivity contribution < 1.29 is 14.3 Å². The summed E-state index contributed by atoms with van der Waals surface area (Å²) in [5, 5.41) is 2.81. The summed E-state index contributed by atoms with van der Waals surface area (Å²) in [6.07, 6.45) is 6.92. The molecule has 2 heterocycles. The first-order valence-electron chi connectivity index (χ1n) is 9.97. The van der Waals surface area contributed by atoms with E-state index in [2.05, 4.69) is 20.2 Å². The van der Waals surface area contributed by atoms with E-state index in [0.717, 1.165) is 30.2 Å². The van der Waals surface area contributed by atoms with Gasteiger partial charge in [-0.15, -0.1) is 0 Å². The molecule has 1 N–H and O–H groups in total. The molecule has 1 aromatic heterocycles. The maximum absolute atomic E-state index is 12.0. The van der Waals surface area contributed by atoms with Gasteiger partial charge in [0.1, 0.15) is 24.0 Å². The number of ether oxygens (including phenoxy) is 2. The van der Waals surface area contributed by atoms with Crippen molar-refractivity contribution in [3.05, 3.63) is 47.8 Å². The highest BCUT2D eigenvalue weighted by molar-refractivity contribution is 5.91. The summed E-state index contributed by atoms with van der Waals surface area (Å²) in [7, 11) is 1.62. The Labute approximate surface area is 171 Å². The van der Waals surface area contributed by atoms with Crippen LogP contribution < -0.4 is 19.7 Å². The van der Waals surface area contributed by atoms with E-state index in [1.807, 2.05) is 37.3 Å². The van der Waals surface area contributed by atoms with E-state index in [1.165, 1.54) is 25.3 Å². The van der Waals surface area contributed by atoms with E-state index in [4.69, 9.17) is 9.47 Å². The Morgan fingerprint density at radius 2 is 1.93 bits per heavy atom. The first-order chi connectivity index (χ1) is 14.1. The van der Waals surface area contributed by atoms with Crippen LogP contribution in [0.3, 0.4) is 0 Å². The second-order valence-corrected chi connectivity index (χ2v) is 6.91. The van der Waals surface area contributed by atoms with E-state index < -0.39 is 0 Å². The fourth-order valence-electron chi connectivity index (χ4n) is 3.16. The summed E-state index contributed by atoms with van der Waals surface area (Å²) in [5.74, 6) is 2.76. The largest absolute Gasteiger partial charge is 0.497 e. The van der Waals surface area contributed by atoms with E-state index in [-0.39, 0.29) is 5.91 Å². The van der Waals surface area contributed by atoms with Crippen molar-refractivity contribution in [1.29, 1.82) is 0 Å². The number of aryl methyl sites for hydroxylation is 1. The van der Waals surface area contributed by atoms with E-state index >= 15 is 0 Å². The van der Waals surface area contributed by atoms with Crippen LogP contribution in [-0.4, -0.2) is 49.2 Å². The zero-order valence-electron chi connectivity index (χ0n) is 17.1. The standard InChI is InChI=1S/C22H28N4O3/c1-17-24-20(26-13-4-3-5-14-26)16-22(25-17)29-15-12-23-21(27)11-8-18-6-9-19(28-2)10-7-18/h6-11,16H,3-5,12-15H2,1-2H3,(H,23,27)/b11-8+. The molecule has 1 saturated heterocycles. The minimum Gasteiger partial charge on any atom is -0.497 e. The molecule has 0 radical (unpaired) electrons. The van der Waals surface area contributed by atoms with E-state index in [0.29, 0.717) is 24.9 Å². The maximum atomic E-state index is 12.0. The SMILES string of the molecule is COc1ccc(/C=C/C(=O)NCCOc2cc(N3CCCCC3)nc(C)n2)cc1. The van der Waals surface area contributed by atoms with Gasteiger partial charge in [-0.2, -0.15) is 4.98 Å². The highest BCUT2D eigenvalue weighted by Crippen LogP contribution is 2.21. The number of benzene rings is 1. The van der Waals surface area contributed by atoms with Gasteiger partial charge in [-0.25, -0.2) is 4.98 Å². The molecule has 0 unspecified atom stereocenters. The highest BCUT2D eigenvalue weighted by Gasteiger charge is 2.14. The Hall–Kier alpha value is -3.09. The van der Waals surface area contributed by atoms with Crippen molar-refractivity contribution in [3.8, 4) is 11.6 Å². The number of methoxy groups -OCH3 is 1. The van der Waals surface area contributed by atoms with Gasteiger partial charge < -0.3 is 19.7 Å². The molecule has 0 aliphatic carbocycles. The molecule has 3 rings (SSSR count). The molecule has 1 aliphatic rings. The molecule has 0 atom stereocenters. The zero-order chi connectivity index (χ0) is 20.5. The Morgan fingerprint density at radius 1 is 1.17 bits per heavy atom. The first-order valence-corrected chi connectivity index (χ1v) is 9.97. The van der Waals surface area contributed by atoms with Crippen LogP contribution in [0.2, 0.25) is 0 Å². The molecule has 1 aromatic carbocycles. The van der Waals surface area contributed by atoms with Gasteiger partial charge in [0.15, 0.2) is 0 Å². The lowest BCUT2D eigenvalue weighted by atomic mass is 10.1. The number of carbonyl (C=O) groups excluding carboxylic acids is 1. The number of anilines is 1. The number of hydrogen-bond donors (Lipinski definition) is 1. The molecular formula is C22H28N4O3. The fourth-order valence-corrected chi connectivity index (χ4v) is 3.16. The normalized spacial score (nSPS) is 14.1. The van der Waals surface area contributed by atoms with E-state index in [9.17, 15) is 4.79 Å². The summed E-state index contributed by atoms with van der Waals surface area (Å²) in [4.78, 5) is 23.1. The third-order valence-electron chi connectivity index (χ3n) is 4.68. The van der Waals surface area contributed by atoms with Gasteiger partial charge in [0.25, 0.3) is 0 Å². The number of carbonyl (C=O) groups is 1. The van der Waals surface area contributed by atoms with Crippen molar-refractivity contribution in [3.63, 3.8) is 0 Å². The number of piperidine rings is 1. The summed E-state index contributed by atoms with van der Waals surface area (Å²) in [5.41, 5.74) is 0.930. The highest BCUT2D eigenvalue weighted by atomic mass is 16.5. The Kier molecular flexibility index (Phi) is 7.44. The lowest BCUT2D eigenvalue weighted by Crippen LogP contribution is -2.30. The van der Waals surface area contributed by atoms with Crippen molar-refractivity contribution in [1.82, 2.24) is 15.3 Å². The number of nitrogens with zero attached hydrogens (tertiary/aromatic N) is 3. The molecule has 0 spiro atoms. The smallest absolute Gasteiger partial charge is 0.244 e. The minimum atomic E-state index is -0.169. The number of hydrogen-bond acceptors (Lipinski definition) is 6. The maximum Gasteiger partial charge on any atom is 0.244 e. The zero-order valence-corrected chi connectivity index (χ0v) is 17.1. The number of amides is 1. The van der Waals surface area contributed by atoms with Gasteiger partial charge in [0, 0.05) is 25.2 Å². The van der Waals surface area contributed by atoms with Crippen LogP contribution in [0.25, 0.3) is 6.08 Å². The van der Waals surface area contributed by atoms with Gasteiger partial charge >= 0.3 is 0 Å². The van der Waals surface area contributed by atoms with Crippen LogP contribution in [0.15, 0.2) is 36.4 Å². The van der Waals surface area contributed by atoms with Gasteiger partial charge in [-0.1, -0.05) is 12.1 Å². The Morgan fingerprint density at radius 3 is 2.66 bits per heavy atom. The van der Waals surface area contributed by atoms with Crippen LogP contribution in [0.5, 0.6) is 11.6 Å². The Bertz CT molecular complexity index is 830. The molecule has 2 aromatic rings. The summed E-state index contributed by atoms with van der Waals surface area (Å²) in [6.45, 7) is 4.65. The van der Waals surface area contributed by atoms with Gasteiger partial charge in [0.05, 0.1) is 13.7 Å². The summed E-state index contributed by atoms with van der Waals surface area (Å²) < 4.78 is 10.8. The minimum absolute atomic E-state index is 0.169. The van der Waals surface area contributed by atoms with Gasteiger partial charge in [0.2, 0.25) is 11.8 Å². The van der Waals surface area contributed by atoms with Crippen LogP contribution in [0.4, 0.5) is 5.82 Å². The van der Waals surface area contributed by atoms with Crippen LogP contribution in [0.1, 0.15) is 30.7 Å². The number of nitrogens with one attached hydrogen (secondary N) is 1. The quantitative estimate of drug-likeness (QED) is 0.546. The second-order valence-electron chi connectivity index (χ2n) is 6.91. The molecule has 1 fully saturated rings.